The van der Waals surface area contributed by atoms with Crippen LogP contribution in [-0.2, 0) is 36.8 Å². The molecule has 0 bridgehead atoms. The molecule has 0 radical (unpaired) electrons. The van der Waals surface area contributed by atoms with Crippen molar-refractivity contribution in [1.29, 1.82) is 0 Å². The van der Waals surface area contributed by atoms with Crippen molar-refractivity contribution in [1.82, 2.24) is 20.9 Å². The molecule has 4 unspecified atom stereocenters. The molecule has 3 amide bonds. The van der Waals surface area contributed by atoms with Crippen molar-refractivity contribution in [3.05, 3.63) is 71.9 Å². The highest BCUT2D eigenvalue weighted by Crippen LogP contribution is 2.19. The van der Waals surface area contributed by atoms with Crippen LogP contribution in [0.25, 0.3) is 10.9 Å². The van der Waals surface area contributed by atoms with Crippen molar-refractivity contribution >= 4 is 40.6 Å². The second-order valence-corrected chi connectivity index (χ2v) is 9.15. The minimum absolute atomic E-state index is 0.0112. The molecule has 1 aromatic heterocycles. The number of aromatic nitrogens is 1. The number of fused-ring (bicyclic) bond motifs is 1. The van der Waals surface area contributed by atoms with Gasteiger partial charge in [0.2, 0.25) is 17.7 Å². The summed E-state index contributed by atoms with van der Waals surface area (Å²) in [7, 11) is 0. The Labute approximate surface area is 224 Å². The van der Waals surface area contributed by atoms with Crippen molar-refractivity contribution in [2.75, 3.05) is 0 Å². The van der Waals surface area contributed by atoms with Gasteiger partial charge in [0.25, 0.3) is 0 Å². The third kappa shape index (κ3) is 8.14. The average Bonchev–Trinajstić information content (AvgIpc) is 3.30. The lowest BCUT2D eigenvalue weighted by atomic mass is 10.0. The van der Waals surface area contributed by atoms with E-state index in [1.54, 1.807) is 36.5 Å². The predicted octanol–water partition coefficient (Wildman–Crippen LogP) is 0.314. The van der Waals surface area contributed by atoms with Gasteiger partial charge < -0.3 is 36.9 Å². The Hall–Kier alpha value is -4.71. The molecule has 0 spiro atoms. The molecule has 2 aromatic carbocycles. The molecule has 0 aliphatic heterocycles. The van der Waals surface area contributed by atoms with Crippen LogP contribution in [0.1, 0.15) is 24.5 Å². The van der Waals surface area contributed by atoms with E-state index in [-0.39, 0.29) is 12.8 Å². The third-order valence-electron chi connectivity index (χ3n) is 6.11. The largest absolute Gasteiger partial charge is 0.481 e. The molecular formula is C27H31N5O7. The van der Waals surface area contributed by atoms with Gasteiger partial charge in [0.15, 0.2) is 0 Å². The molecular weight excluding hydrogens is 506 g/mol. The molecule has 12 nitrogen and oxygen atoms in total. The van der Waals surface area contributed by atoms with Gasteiger partial charge >= 0.3 is 11.9 Å². The Balaban J connectivity index is 1.61. The second kappa shape index (κ2) is 13.2. The van der Waals surface area contributed by atoms with Crippen LogP contribution in [-0.4, -0.2) is 69.0 Å². The standard InChI is InChI=1S/C27H31N5O7/c1-15(24(35)32-22(27(38)39)12-17-14-29-20-10-6-5-9-18(17)20)30-26(37)21(13-23(33)34)31-25(36)19(28)11-16-7-3-2-4-8-16/h2-10,14-15,19,21-22,29H,11-13,28H2,1H3,(H,30,37)(H,31,36)(H,32,35)(H,33,34)(H,38,39). The fourth-order valence-electron chi connectivity index (χ4n) is 4.02. The van der Waals surface area contributed by atoms with Gasteiger partial charge in [0.05, 0.1) is 12.5 Å². The number of hydrogen-bond acceptors (Lipinski definition) is 6. The molecule has 0 aliphatic carbocycles. The number of carboxylic acid groups (broad SMARTS) is 2. The van der Waals surface area contributed by atoms with Crippen molar-refractivity contribution in [2.24, 2.45) is 5.73 Å². The van der Waals surface area contributed by atoms with E-state index in [9.17, 15) is 34.2 Å². The highest BCUT2D eigenvalue weighted by molar-refractivity contribution is 5.95. The lowest BCUT2D eigenvalue weighted by Crippen LogP contribution is -2.57. The molecule has 39 heavy (non-hydrogen) atoms. The van der Waals surface area contributed by atoms with E-state index in [0.717, 1.165) is 16.5 Å². The summed E-state index contributed by atoms with van der Waals surface area (Å²) in [5.74, 6) is -5.08. The summed E-state index contributed by atoms with van der Waals surface area (Å²) in [5, 5.41) is 26.8. The van der Waals surface area contributed by atoms with E-state index in [1.807, 2.05) is 24.3 Å². The van der Waals surface area contributed by atoms with E-state index in [1.165, 1.54) is 6.92 Å². The quantitative estimate of drug-likeness (QED) is 0.161. The zero-order valence-electron chi connectivity index (χ0n) is 21.2. The summed E-state index contributed by atoms with van der Waals surface area (Å²) >= 11 is 0. The summed E-state index contributed by atoms with van der Waals surface area (Å²) in [6, 6.07) is 11.2. The topological polar surface area (TPSA) is 204 Å². The van der Waals surface area contributed by atoms with Crippen molar-refractivity contribution in [3.63, 3.8) is 0 Å². The zero-order valence-corrected chi connectivity index (χ0v) is 21.2. The second-order valence-electron chi connectivity index (χ2n) is 9.15. The number of benzene rings is 2. The van der Waals surface area contributed by atoms with Crippen molar-refractivity contribution < 1.29 is 34.2 Å². The van der Waals surface area contributed by atoms with Gasteiger partial charge in [-0.25, -0.2) is 4.79 Å². The molecule has 1 heterocycles. The Morgan fingerprint density at radius 3 is 2.13 bits per heavy atom. The van der Waals surface area contributed by atoms with Crippen molar-refractivity contribution in [3.8, 4) is 0 Å². The molecule has 4 atom stereocenters. The summed E-state index contributed by atoms with van der Waals surface area (Å²) in [4.78, 5) is 64.3. The molecule has 3 rings (SSSR count). The van der Waals surface area contributed by atoms with Gasteiger partial charge in [-0.1, -0.05) is 48.5 Å². The van der Waals surface area contributed by atoms with Crippen LogP contribution in [0.4, 0.5) is 0 Å². The molecule has 12 heteroatoms. The number of carboxylic acids is 2. The number of rotatable bonds is 13. The number of hydrogen-bond donors (Lipinski definition) is 7. The molecule has 3 aromatic rings. The Bertz CT molecular complexity index is 1340. The van der Waals surface area contributed by atoms with Gasteiger partial charge in [0, 0.05) is 23.5 Å². The Morgan fingerprint density at radius 1 is 0.821 bits per heavy atom. The van der Waals surface area contributed by atoms with Crippen LogP contribution >= 0.6 is 0 Å². The van der Waals surface area contributed by atoms with Crippen molar-refractivity contribution in [2.45, 2.75) is 50.4 Å². The minimum atomic E-state index is -1.51. The number of amides is 3. The number of nitrogens with one attached hydrogen (secondary N) is 4. The fourth-order valence-corrected chi connectivity index (χ4v) is 4.02. The molecule has 0 aliphatic rings. The molecule has 206 valence electrons. The minimum Gasteiger partial charge on any atom is -0.481 e. The van der Waals surface area contributed by atoms with Crippen LogP contribution in [0.15, 0.2) is 60.8 Å². The van der Waals surface area contributed by atoms with Gasteiger partial charge in [-0.15, -0.1) is 0 Å². The van der Waals surface area contributed by atoms with E-state index < -0.39 is 60.2 Å². The van der Waals surface area contributed by atoms with Gasteiger partial charge in [-0.05, 0) is 30.5 Å². The van der Waals surface area contributed by atoms with Crippen LogP contribution in [0.3, 0.4) is 0 Å². The first kappa shape index (κ1) is 28.9. The van der Waals surface area contributed by atoms with E-state index in [0.29, 0.717) is 5.56 Å². The monoisotopic (exact) mass is 537 g/mol. The number of para-hydroxylation sites is 1. The lowest BCUT2D eigenvalue weighted by molar-refractivity contribution is -0.143. The van der Waals surface area contributed by atoms with E-state index in [2.05, 4.69) is 20.9 Å². The number of nitrogens with two attached hydrogens (primary N) is 1. The normalized spacial score (nSPS) is 14.0. The highest BCUT2D eigenvalue weighted by Gasteiger charge is 2.30. The number of aliphatic carboxylic acids is 2. The SMILES string of the molecule is CC(NC(=O)C(CC(=O)O)NC(=O)C(N)Cc1ccccc1)C(=O)NC(Cc1c[nH]c2ccccc12)C(=O)O. The number of carbonyl (C=O) groups is 5. The maximum absolute atomic E-state index is 12.8. The predicted molar refractivity (Wildman–Crippen MR) is 141 cm³/mol. The third-order valence-corrected chi connectivity index (χ3v) is 6.11. The summed E-state index contributed by atoms with van der Waals surface area (Å²) < 4.78 is 0. The smallest absolute Gasteiger partial charge is 0.326 e. The summed E-state index contributed by atoms with van der Waals surface area (Å²) in [6.07, 6.45) is 1.07. The number of aromatic amines is 1. The van der Waals surface area contributed by atoms with E-state index >= 15 is 0 Å². The number of carbonyl (C=O) groups excluding carboxylic acids is 3. The first-order chi connectivity index (χ1) is 18.5. The average molecular weight is 538 g/mol. The van der Waals surface area contributed by atoms with Crippen LogP contribution in [0.5, 0.6) is 0 Å². The maximum Gasteiger partial charge on any atom is 0.326 e. The van der Waals surface area contributed by atoms with Gasteiger partial charge in [0.1, 0.15) is 18.1 Å². The van der Waals surface area contributed by atoms with Gasteiger partial charge in [-0.3, -0.25) is 19.2 Å². The summed E-state index contributed by atoms with van der Waals surface area (Å²) in [5.41, 5.74) is 8.23. The lowest BCUT2D eigenvalue weighted by Gasteiger charge is -2.23. The molecule has 0 saturated heterocycles. The van der Waals surface area contributed by atoms with Crippen LogP contribution < -0.4 is 21.7 Å². The molecule has 0 saturated carbocycles. The zero-order chi connectivity index (χ0) is 28.5. The van der Waals surface area contributed by atoms with E-state index in [4.69, 9.17) is 5.73 Å². The first-order valence-corrected chi connectivity index (χ1v) is 12.3. The van der Waals surface area contributed by atoms with Gasteiger partial charge in [-0.2, -0.15) is 0 Å². The number of H-pyrrole nitrogens is 1. The fraction of sp³-hybridized carbons (Fsp3) is 0.296. The highest BCUT2D eigenvalue weighted by atomic mass is 16.4. The molecule has 0 fully saturated rings. The summed E-state index contributed by atoms with van der Waals surface area (Å²) in [6.45, 7) is 1.32. The first-order valence-electron chi connectivity index (χ1n) is 12.3. The van der Waals surface area contributed by atoms with Crippen LogP contribution in [0, 0.1) is 0 Å². The maximum atomic E-state index is 12.8. The Morgan fingerprint density at radius 2 is 1.46 bits per heavy atom. The van der Waals surface area contributed by atoms with Crippen LogP contribution in [0.2, 0.25) is 0 Å². The Kier molecular flexibility index (Phi) is 9.76. The molecule has 8 N–H and O–H groups in total.